The fourth-order valence-corrected chi connectivity index (χ4v) is 3.54. The maximum Gasteiger partial charge on any atom is 0.107 e. The Morgan fingerprint density at radius 1 is 0.864 bits per heavy atom. The Bertz CT molecular complexity index is 278. The van der Waals surface area contributed by atoms with E-state index in [1.54, 1.807) is 0 Å². The third kappa shape index (κ3) is 6.97. The lowest BCUT2D eigenvalue weighted by molar-refractivity contribution is -0.0443. The van der Waals surface area contributed by atoms with E-state index in [4.69, 9.17) is 9.47 Å². The number of rotatable bonds is 13. The van der Waals surface area contributed by atoms with Crippen molar-refractivity contribution in [1.82, 2.24) is 0 Å². The lowest BCUT2D eigenvalue weighted by Gasteiger charge is -2.18. The van der Waals surface area contributed by atoms with Gasteiger partial charge in [-0.1, -0.05) is 71.1 Å². The van der Waals surface area contributed by atoms with Crippen molar-refractivity contribution in [2.24, 2.45) is 0 Å². The van der Waals surface area contributed by atoms with Crippen molar-refractivity contribution in [3.8, 4) is 0 Å². The van der Waals surface area contributed by atoms with Gasteiger partial charge >= 0.3 is 0 Å². The second-order valence-corrected chi connectivity index (χ2v) is 7.20. The topological polar surface area (TPSA) is 42.0 Å². The molecule has 0 aromatic rings. The molecular formula is C19H36O3. The van der Waals surface area contributed by atoms with E-state index < -0.39 is 0 Å². The van der Waals surface area contributed by atoms with Gasteiger partial charge in [-0.05, 0) is 19.3 Å². The highest BCUT2D eigenvalue weighted by atomic mass is 16.6. The first-order chi connectivity index (χ1) is 10.8. The van der Waals surface area contributed by atoms with Crippen LogP contribution in [-0.2, 0) is 9.47 Å². The van der Waals surface area contributed by atoms with Crippen molar-refractivity contribution in [3.05, 3.63) is 0 Å². The number of aliphatic hydroxyl groups is 1. The third-order valence-corrected chi connectivity index (χ3v) is 5.14. The summed E-state index contributed by atoms with van der Waals surface area (Å²) >= 11 is 0. The first-order valence-corrected chi connectivity index (χ1v) is 9.76. The van der Waals surface area contributed by atoms with Crippen LogP contribution in [0, 0.1) is 0 Å². The van der Waals surface area contributed by atoms with Gasteiger partial charge < -0.3 is 14.6 Å². The molecule has 0 bridgehead atoms. The molecule has 0 saturated carbocycles. The molecule has 2 aliphatic heterocycles. The van der Waals surface area contributed by atoms with Crippen LogP contribution in [0.1, 0.15) is 90.4 Å². The van der Waals surface area contributed by atoms with Gasteiger partial charge in [-0.2, -0.15) is 0 Å². The van der Waals surface area contributed by atoms with Gasteiger partial charge in [0.15, 0.2) is 0 Å². The van der Waals surface area contributed by atoms with Crippen LogP contribution in [0.5, 0.6) is 0 Å². The Kier molecular flexibility index (Phi) is 8.79. The Morgan fingerprint density at radius 3 is 2.05 bits per heavy atom. The molecule has 0 aromatic carbocycles. The van der Waals surface area contributed by atoms with Crippen molar-refractivity contribution in [2.45, 2.75) is 115 Å². The smallest absolute Gasteiger partial charge is 0.107 e. The molecule has 0 aliphatic carbocycles. The highest BCUT2D eigenvalue weighted by Crippen LogP contribution is 2.31. The summed E-state index contributed by atoms with van der Waals surface area (Å²) in [4.78, 5) is 0. The minimum absolute atomic E-state index is 0.0627. The number of unbranched alkanes of at least 4 members (excludes halogenated alkanes) is 9. The molecule has 2 saturated heterocycles. The van der Waals surface area contributed by atoms with Gasteiger partial charge in [0.25, 0.3) is 0 Å². The third-order valence-electron chi connectivity index (χ3n) is 5.14. The van der Waals surface area contributed by atoms with E-state index in [0.29, 0.717) is 6.10 Å². The average molecular weight is 312 g/mol. The lowest BCUT2D eigenvalue weighted by atomic mass is 10.0. The van der Waals surface area contributed by atoms with E-state index in [0.717, 1.165) is 32.3 Å². The van der Waals surface area contributed by atoms with Crippen LogP contribution < -0.4 is 0 Å². The van der Waals surface area contributed by atoms with Gasteiger partial charge in [0.2, 0.25) is 0 Å². The fourth-order valence-electron chi connectivity index (χ4n) is 3.54. The van der Waals surface area contributed by atoms with Crippen LogP contribution in [0.2, 0.25) is 0 Å². The van der Waals surface area contributed by atoms with Gasteiger partial charge in [-0.3, -0.25) is 0 Å². The summed E-state index contributed by atoms with van der Waals surface area (Å²) in [5.74, 6) is 0. The molecule has 130 valence electrons. The van der Waals surface area contributed by atoms with Crippen LogP contribution in [0.15, 0.2) is 0 Å². The quantitative estimate of drug-likeness (QED) is 0.399. The van der Waals surface area contributed by atoms with E-state index in [-0.39, 0.29) is 18.3 Å². The first kappa shape index (κ1) is 18.2. The first-order valence-electron chi connectivity index (χ1n) is 9.76. The number of hydrogen-bond donors (Lipinski definition) is 1. The zero-order valence-corrected chi connectivity index (χ0v) is 14.5. The van der Waals surface area contributed by atoms with Gasteiger partial charge in [-0.25, -0.2) is 0 Å². The van der Waals surface area contributed by atoms with Gasteiger partial charge in [0.1, 0.15) is 6.10 Å². The van der Waals surface area contributed by atoms with E-state index >= 15 is 0 Å². The summed E-state index contributed by atoms with van der Waals surface area (Å²) in [5, 5.41) is 10.2. The van der Waals surface area contributed by atoms with Crippen LogP contribution in [-0.4, -0.2) is 36.1 Å². The van der Waals surface area contributed by atoms with Crippen LogP contribution in [0.25, 0.3) is 0 Å². The van der Waals surface area contributed by atoms with Crippen molar-refractivity contribution in [2.75, 3.05) is 6.61 Å². The summed E-state index contributed by atoms with van der Waals surface area (Å²) in [6.07, 6.45) is 16.8. The molecule has 3 nitrogen and oxygen atoms in total. The van der Waals surface area contributed by atoms with Gasteiger partial charge in [0.05, 0.1) is 24.9 Å². The van der Waals surface area contributed by atoms with Crippen LogP contribution in [0.3, 0.4) is 0 Å². The summed E-state index contributed by atoms with van der Waals surface area (Å²) in [7, 11) is 0. The molecular weight excluding hydrogens is 276 g/mol. The molecule has 0 aromatic heterocycles. The Hall–Kier alpha value is -0.120. The Labute approximate surface area is 136 Å². The normalized spacial score (nSPS) is 28.9. The minimum atomic E-state index is -0.266. The second-order valence-electron chi connectivity index (χ2n) is 7.20. The maximum absolute atomic E-state index is 10.2. The standard InChI is InChI=1S/C19H36O3/c1-2-3-4-5-6-7-8-9-10-11-12-16(20)17-13-14-18(22-17)19-15-21-19/h16-20H,2-15H2,1H3/t16-,17+,18+,19?/m0/s1. The number of epoxide rings is 1. The van der Waals surface area contributed by atoms with E-state index in [1.165, 1.54) is 57.8 Å². The molecule has 1 unspecified atom stereocenters. The Morgan fingerprint density at radius 2 is 1.45 bits per heavy atom. The molecule has 2 heterocycles. The summed E-state index contributed by atoms with van der Waals surface area (Å²) in [5.41, 5.74) is 0. The summed E-state index contributed by atoms with van der Waals surface area (Å²) < 4.78 is 11.2. The van der Waals surface area contributed by atoms with Gasteiger partial charge in [-0.15, -0.1) is 0 Å². The lowest BCUT2D eigenvalue weighted by Crippen LogP contribution is -2.27. The van der Waals surface area contributed by atoms with Crippen LogP contribution in [0.4, 0.5) is 0 Å². The second kappa shape index (κ2) is 10.6. The largest absolute Gasteiger partial charge is 0.390 e. The summed E-state index contributed by atoms with van der Waals surface area (Å²) in [6.45, 7) is 3.12. The molecule has 0 amide bonds. The molecule has 1 N–H and O–H groups in total. The number of hydrogen-bond acceptors (Lipinski definition) is 3. The monoisotopic (exact) mass is 312 g/mol. The highest BCUT2D eigenvalue weighted by molar-refractivity contribution is 4.88. The Balaban J connectivity index is 1.37. The molecule has 2 rings (SSSR count). The molecule has 0 radical (unpaired) electrons. The molecule has 3 heteroatoms. The van der Waals surface area contributed by atoms with E-state index in [9.17, 15) is 5.11 Å². The highest BCUT2D eigenvalue weighted by Gasteiger charge is 2.40. The zero-order chi connectivity index (χ0) is 15.6. The van der Waals surface area contributed by atoms with Crippen molar-refractivity contribution in [1.29, 1.82) is 0 Å². The van der Waals surface area contributed by atoms with Crippen molar-refractivity contribution in [3.63, 3.8) is 0 Å². The minimum Gasteiger partial charge on any atom is -0.390 e. The van der Waals surface area contributed by atoms with Crippen molar-refractivity contribution >= 4 is 0 Å². The number of ether oxygens (including phenoxy) is 2. The molecule has 2 aliphatic rings. The predicted octanol–water partition coefficient (Wildman–Crippen LogP) is 4.60. The molecule has 4 atom stereocenters. The predicted molar refractivity (Wildman–Crippen MR) is 90.1 cm³/mol. The average Bonchev–Trinajstić information content (AvgIpc) is 3.26. The SMILES string of the molecule is CCCCCCCCCCCC[C@H](O)[C@H]1CC[C@H](C2CO2)O1. The van der Waals surface area contributed by atoms with Crippen LogP contribution >= 0.6 is 0 Å². The molecule has 22 heavy (non-hydrogen) atoms. The number of aliphatic hydroxyl groups excluding tert-OH is 1. The van der Waals surface area contributed by atoms with Crippen molar-refractivity contribution < 1.29 is 14.6 Å². The van der Waals surface area contributed by atoms with E-state index in [2.05, 4.69) is 6.92 Å². The fraction of sp³-hybridized carbons (Fsp3) is 1.00. The zero-order valence-electron chi connectivity index (χ0n) is 14.5. The summed E-state index contributed by atoms with van der Waals surface area (Å²) in [6, 6.07) is 0. The molecule has 2 fully saturated rings. The van der Waals surface area contributed by atoms with Gasteiger partial charge in [0, 0.05) is 0 Å². The van der Waals surface area contributed by atoms with E-state index in [1.807, 2.05) is 0 Å². The maximum atomic E-state index is 10.2. The molecule has 0 spiro atoms.